The average molecular weight is 253 g/mol. The first-order valence-electron chi connectivity index (χ1n) is 5.79. The van der Waals surface area contributed by atoms with Gasteiger partial charge < -0.3 is 4.74 Å². The van der Waals surface area contributed by atoms with Gasteiger partial charge in [-0.1, -0.05) is 24.3 Å². The van der Waals surface area contributed by atoms with Crippen LogP contribution in [0.25, 0.3) is 5.65 Å². The summed E-state index contributed by atoms with van der Waals surface area (Å²) in [4.78, 5) is 15.9. The molecule has 0 saturated carbocycles. The van der Waals surface area contributed by atoms with Crippen molar-refractivity contribution in [3.05, 3.63) is 60.9 Å². The Morgan fingerprint density at radius 1 is 1.11 bits per heavy atom. The molecule has 3 aromatic rings. The Bertz CT molecular complexity index is 707. The molecule has 0 bridgehead atoms. The number of fused-ring (bicyclic) bond motifs is 1. The van der Waals surface area contributed by atoms with Gasteiger partial charge in [0, 0.05) is 6.20 Å². The molecule has 2 heterocycles. The molecule has 5 nitrogen and oxygen atoms in total. The van der Waals surface area contributed by atoms with Gasteiger partial charge in [-0.25, -0.2) is 9.78 Å². The van der Waals surface area contributed by atoms with E-state index in [2.05, 4.69) is 10.3 Å². The third-order valence-corrected chi connectivity index (χ3v) is 2.60. The Morgan fingerprint density at radius 2 is 1.89 bits per heavy atom. The Kier molecular flexibility index (Phi) is 2.86. The normalized spacial score (nSPS) is 10.3. The highest BCUT2D eigenvalue weighted by Crippen LogP contribution is 2.13. The molecule has 0 spiro atoms. The van der Waals surface area contributed by atoms with Crippen LogP contribution in [0, 0.1) is 0 Å². The Morgan fingerprint density at radius 3 is 2.74 bits per heavy atom. The quantitative estimate of drug-likeness (QED) is 0.764. The summed E-state index contributed by atoms with van der Waals surface area (Å²) in [5, 5.41) is 2.65. The summed E-state index contributed by atoms with van der Waals surface area (Å²) in [5.41, 5.74) is 0.762. The lowest BCUT2D eigenvalue weighted by atomic mass is 10.3. The van der Waals surface area contributed by atoms with Crippen LogP contribution in [0.2, 0.25) is 0 Å². The van der Waals surface area contributed by atoms with Crippen molar-refractivity contribution in [3.63, 3.8) is 0 Å². The molecule has 1 aromatic carbocycles. The molecule has 2 aromatic heterocycles. The largest absolute Gasteiger partial charge is 0.418 e. The molecule has 0 aliphatic heterocycles. The molecule has 3 rings (SSSR count). The van der Waals surface area contributed by atoms with E-state index in [1.165, 1.54) is 0 Å². The maximum Gasteiger partial charge on any atom is 0.418 e. The molecule has 0 saturated heterocycles. The van der Waals surface area contributed by atoms with Crippen LogP contribution >= 0.6 is 0 Å². The van der Waals surface area contributed by atoms with E-state index in [0.29, 0.717) is 11.6 Å². The van der Waals surface area contributed by atoms with Crippen molar-refractivity contribution in [1.82, 2.24) is 9.38 Å². The predicted octanol–water partition coefficient (Wildman–Crippen LogP) is 2.95. The number of para-hydroxylation sites is 1. The summed E-state index contributed by atoms with van der Waals surface area (Å²) in [5.74, 6) is 1.06. The Hall–Kier alpha value is -2.82. The molecule has 94 valence electrons. The molecule has 0 radical (unpaired) electrons. The zero-order valence-corrected chi connectivity index (χ0v) is 9.98. The first-order chi connectivity index (χ1) is 9.33. The van der Waals surface area contributed by atoms with Crippen molar-refractivity contribution >= 4 is 17.6 Å². The van der Waals surface area contributed by atoms with Gasteiger partial charge in [-0.05, 0) is 24.3 Å². The van der Waals surface area contributed by atoms with Crippen molar-refractivity contribution in [3.8, 4) is 5.75 Å². The standard InChI is InChI=1S/C14H11N3O2/c18-14(19-11-6-2-1-3-7-11)16-13-10-15-12-8-4-5-9-17(12)13/h1-10H,(H,16,18). The third kappa shape index (κ3) is 2.40. The van der Waals surface area contributed by atoms with E-state index < -0.39 is 6.09 Å². The number of nitrogens with zero attached hydrogens (tertiary/aromatic N) is 2. The molecule has 1 N–H and O–H groups in total. The molecule has 0 atom stereocenters. The third-order valence-electron chi connectivity index (χ3n) is 2.60. The van der Waals surface area contributed by atoms with Crippen LogP contribution in [-0.2, 0) is 0 Å². The number of benzene rings is 1. The van der Waals surface area contributed by atoms with Crippen LogP contribution in [0.1, 0.15) is 0 Å². The van der Waals surface area contributed by atoms with E-state index in [0.717, 1.165) is 5.65 Å². The molecule has 1 amide bonds. The number of nitrogens with one attached hydrogen (secondary N) is 1. The molecule has 0 aliphatic carbocycles. The van der Waals surface area contributed by atoms with E-state index in [1.807, 2.05) is 30.5 Å². The van der Waals surface area contributed by atoms with E-state index in [-0.39, 0.29) is 0 Å². The van der Waals surface area contributed by atoms with Crippen LogP contribution < -0.4 is 10.1 Å². The number of carbonyl (C=O) groups is 1. The topological polar surface area (TPSA) is 55.6 Å². The van der Waals surface area contributed by atoms with Gasteiger partial charge in [0.15, 0.2) is 0 Å². The van der Waals surface area contributed by atoms with Gasteiger partial charge in [0.2, 0.25) is 0 Å². The van der Waals surface area contributed by atoms with Crippen LogP contribution in [0.5, 0.6) is 5.75 Å². The minimum Gasteiger partial charge on any atom is -0.410 e. The fourth-order valence-electron chi connectivity index (χ4n) is 1.75. The lowest BCUT2D eigenvalue weighted by molar-refractivity contribution is 0.215. The lowest BCUT2D eigenvalue weighted by Crippen LogP contribution is -2.17. The molecular weight excluding hydrogens is 242 g/mol. The number of hydrogen-bond donors (Lipinski definition) is 1. The van der Waals surface area contributed by atoms with Crippen molar-refractivity contribution < 1.29 is 9.53 Å². The smallest absolute Gasteiger partial charge is 0.410 e. The number of imidazole rings is 1. The van der Waals surface area contributed by atoms with E-state index in [4.69, 9.17) is 4.74 Å². The number of aromatic nitrogens is 2. The first kappa shape index (κ1) is 11.3. The fraction of sp³-hybridized carbons (Fsp3) is 0. The second-order valence-electron chi connectivity index (χ2n) is 3.90. The highest BCUT2D eigenvalue weighted by atomic mass is 16.6. The average Bonchev–Trinajstić information content (AvgIpc) is 2.83. The summed E-state index contributed by atoms with van der Waals surface area (Å²) < 4.78 is 6.92. The number of hydrogen-bond acceptors (Lipinski definition) is 3. The summed E-state index contributed by atoms with van der Waals surface area (Å²) in [6, 6.07) is 14.5. The first-order valence-corrected chi connectivity index (χ1v) is 5.79. The molecule has 0 unspecified atom stereocenters. The van der Waals surface area contributed by atoms with Gasteiger partial charge >= 0.3 is 6.09 Å². The Labute approximate surface area is 109 Å². The predicted molar refractivity (Wildman–Crippen MR) is 71.3 cm³/mol. The monoisotopic (exact) mass is 253 g/mol. The van der Waals surface area contributed by atoms with Crippen molar-refractivity contribution in [2.24, 2.45) is 0 Å². The van der Waals surface area contributed by atoms with Crippen LogP contribution in [0.3, 0.4) is 0 Å². The molecular formula is C14H11N3O2. The summed E-state index contributed by atoms with van der Waals surface area (Å²) in [7, 11) is 0. The second-order valence-corrected chi connectivity index (χ2v) is 3.90. The van der Waals surface area contributed by atoms with Crippen LogP contribution in [-0.4, -0.2) is 15.5 Å². The van der Waals surface area contributed by atoms with Crippen molar-refractivity contribution in [2.45, 2.75) is 0 Å². The van der Waals surface area contributed by atoms with Crippen molar-refractivity contribution in [1.29, 1.82) is 0 Å². The molecule has 19 heavy (non-hydrogen) atoms. The van der Waals surface area contributed by atoms with Gasteiger partial charge in [0.05, 0.1) is 6.20 Å². The van der Waals surface area contributed by atoms with E-state index in [1.54, 1.807) is 34.9 Å². The maximum atomic E-state index is 11.7. The second kappa shape index (κ2) is 4.81. The number of anilines is 1. The lowest BCUT2D eigenvalue weighted by Gasteiger charge is -2.05. The van der Waals surface area contributed by atoms with Gasteiger partial charge in [0.25, 0.3) is 0 Å². The van der Waals surface area contributed by atoms with Gasteiger partial charge in [0.1, 0.15) is 17.2 Å². The number of rotatable bonds is 2. The van der Waals surface area contributed by atoms with E-state index in [9.17, 15) is 4.79 Å². The van der Waals surface area contributed by atoms with Gasteiger partial charge in [-0.3, -0.25) is 9.72 Å². The molecule has 0 fully saturated rings. The minimum absolute atomic E-state index is 0.494. The maximum absolute atomic E-state index is 11.7. The number of amides is 1. The summed E-state index contributed by atoms with van der Waals surface area (Å²) >= 11 is 0. The SMILES string of the molecule is O=C(Nc1cnc2ccccn12)Oc1ccccc1. The highest BCUT2D eigenvalue weighted by Gasteiger charge is 2.08. The van der Waals surface area contributed by atoms with Gasteiger partial charge in [-0.15, -0.1) is 0 Å². The number of pyridine rings is 1. The summed E-state index contributed by atoms with van der Waals surface area (Å²) in [6.45, 7) is 0. The Balaban J connectivity index is 1.76. The van der Waals surface area contributed by atoms with Crippen LogP contribution in [0.15, 0.2) is 60.9 Å². The fourth-order valence-corrected chi connectivity index (χ4v) is 1.75. The van der Waals surface area contributed by atoms with Crippen molar-refractivity contribution in [2.75, 3.05) is 5.32 Å². The minimum atomic E-state index is -0.545. The number of carbonyl (C=O) groups excluding carboxylic acids is 1. The molecule has 0 aliphatic rings. The zero-order valence-electron chi connectivity index (χ0n) is 9.98. The van der Waals surface area contributed by atoms with Crippen LogP contribution in [0.4, 0.5) is 10.6 Å². The van der Waals surface area contributed by atoms with Gasteiger partial charge in [-0.2, -0.15) is 0 Å². The zero-order chi connectivity index (χ0) is 13.1. The van der Waals surface area contributed by atoms with E-state index >= 15 is 0 Å². The summed E-state index contributed by atoms with van der Waals surface area (Å²) in [6.07, 6.45) is 2.86. The molecule has 5 heteroatoms. The highest BCUT2D eigenvalue weighted by molar-refractivity contribution is 5.85. The number of ether oxygens (including phenoxy) is 1.